The summed E-state index contributed by atoms with van der Waals surface area (Å²) in [4.78, 5) is 11.8. The number of hydrogen-bond acceptors (Lipinski definition) is 2. The first-order valence-electron chi connectivity index (χ1n) is 5.74. The van der Waals surface area contributed by atoms with Gasteiger partial charge in [0.05, 0.1) is 6.42 Å². The molecule has 0 aromatic heterocycles. The molecule has 1 N–H and O–H groups in total. The lowest BCUT2D eigenvalue weighted by Crippen LogP contribution is -2.37. The van der Waals surface area contributed by atoms with Crippen LogP contribution in [0.4, 0.5) is 0 Å². The van der Waals surface area contributed by atoms with Crippen LogP contribution in [0.5, 0.6) is 0 Å². The van der Waals surface area contributed by atoms with Crippen molar-refractivity contribution in [1.82, 2.24) is 5.32 Å². The highest BCUT2D eigenvalue weighted by Crippen LogP contribution is 2.10. The summed E-state index contributed by atoms with van der Waals surface area (Å²) in [6, 6.07) is 7.40. The number of ether oxygens (including phenoxy) is 1. The predicted molar refractivity (Wildman–Crippen MR) is 77.4 cm³/mol. The molecule has 1 aromatic carbocycles. The average molecular weight is 335 g/mol. The van der Waals surface area contributed by atoms with Gasteiger partial charge in [-0.1, -0.05) is 39.7 Å². The van der Waals surface area contributed by atoms with E-state index in [0.29, 0.717) is 18.1 Å². The molecule has 0 bridgehead atoms. The first kappa shape index (κ1) is 15.5. The predicted octanol–water partition coefficient (Wildman–Crippen LogP) is 2.80. The summed E-state index contributed by atoms with van der Waals surface area (Å²) < 4.78 is 5.00. The van der Waals surface area contributed by atoms with Gasteiger partial charge in [-0.25, -0.2) is 0 Å². The number of nitrogens with one attached hydrogen (secondary N) is 1. The Balaban J connectivity index is 2.42. The second kappa shape index (κ2) is 8.51. The number of rotatable bonds is 7. The Morgan fingerprint density at radius 2 is 2.11 bits per heavy atom. The van der Waals surface area contributed by atoms with E-state index >= 15 is 0 Å². The van der Waals surface area contributed by atoms with E-state index in [4.69, 9.17) is 16.3 Å². The van der Waals surface area contributed by atoms with E-state index in [1.807, 2.05) is 12.1 Å². The Morgan fingerprint density at radius 3 is 2.67 bits per heavy atom. The van der Waals surface area contributed by atoms with Gasteiger partial charge in [-0.05, 0) is 24.1 Å². The third-order valence-corrected chi connectivity index (χ3v) is 3.53. The minimum absolute atomic E-state index is 0.0119. The van der Waals surface area contributed by atoms with Gasteiger partial charge >= 0.3 is 0 Å². The number of halogens is 2. The molecule has 0 aliphatic rings. The fraction of sp³-hybridized carbons (Fsp3) is 0.462. The quantitative estimate of drug-likeness (QED) is 0.779. The van der Waals surface area contributed by atoms with Gasteiger partial charge in [-0.3, -0.25) is 4.79 Å². The highest BCUT2D eigenvalue weighted by atomic mass is 79.9. The molecule has 1 atom stereocenters. The highest BCUT2D eigenvalue weighted by Gasteiger charge is 2.11. The number of hydrogen-bond donors (Lipinski definition) is 1. The Kier molecular flexibility index (Phi) is 7.32. The molecule has 1 unspecified atom stereocenters. The maximum atomic E-state index is 11.8. The van der Waals surface area contributed by atoms with Crippen LogP contribution in [0.25, 0.3) is 0 Å². The second-order valence-electron chi connectivity index (χ2n) is 4.00. The first-order chi connectivity index (χ1) is 8.65. The van der Waals surface area contributed by atoms with E-state index in [1.54, 1.807) is 19.2 Å². The van der Waals surface area contributed by atoms with E-state index in [-0.39, 0.29) is 11.9 Å². The molecule has 0 aliphatic carbocycles. The molecule has 0 spiro atoms. The van der Waals surface area contributed by atoms with E-state index < -0.39 is 0 Å². The van der Waals surface area contributed by atoms with Crippen molar-refractivity contribution in [1.29, 1.82) is 0 Å². The van der Waals surface area contributed by atoms with Gasteiger partial charge in [0.15, 0.2) is 0 Å². The molecule has 1 amide bonds. The van der Waals surface area contributed by atoms with Gasteiger partial charge < -0.3 is 10.1 Å². The fourth-order valence-electron chi connectivity index (χ4n) is 1.51. The van der Waals surface area contributed by atoms with Crippen molar-refractivity contribution in [2.45, 2.75) is 18.9 Å². The summed E-state index contributed by atoms with van der Waals surface area (Å²) in [5.41, 5.74) is 0.956. The van der Waals surface area contributed by atoms with Gasteiger partial charge in [0.25, 0.3) is 0 Å². The number of amides is 1. The van der Waals surface area contributed by atoms with Crippen LogP contribution in [0.1, 0.15) is 12.0 Å². The maximum Gasteiger partial charge on any atom is 0.224 e. The lowest BCUT2D eigenvalue weighted by molar-refractivity contribution is -0.121. The minimum Gasteiger partial charge on any atom is -0.385 e. The Hall–Kier alpha value is -0.580. The summed E-state index contributed by atoms with van der Waals surface area (Å²) in [6.07, 6.45) is 1.17. The lowest BCUT2D eigenvalue weighted by atomic mass is 10.1. The topological polar surface area (TPSA) is 38.3 Å². The summed E-state index contributed by atoms with van der Waals surface area (Å²) >= 11 is 9.17. The Morgan fingerprint density at radius 1 is 1.44 bits per heavy atom. The van der Waals surface area contributed by atoms with Crippen molar-refractivity contribution in [3.8, 4) is 0 Å². The summed E-state index contributed by atoms with van der Waals surface area (Å²) in [7, 11) is 1.65. The summed E-state index contributed by atoms with van der Waals surface area (Å²) in [6.45, 7) is 0.636. The van der Waals surface area contributed by atoms with E-state index in [1.165, 1.54) is 0 Å². The largest absolute Gasteiger partial charge is 0.385 e. The van der Waals surface area contributed by atoms with Gasteiger partial charge in [0, 0.05) is 30.1 Å². The van der Waals surface area contributed by atoms with Gasteiger partial charge in [0.1, 0.15) is 0 Å². The average Bonchev–Trinajstić information content (AvgIpc) is 2.37. The maximum absolute atomic E-state index is 11.8. The summed E-state index contributed by atoms with van der Waals surface area (Å²) in [5.74, 6) is 0.0119. The molecule has 3 nitrogen and oxygen atoms in total. The molecule has 0 heterocycles. The normalized spacial score (nSPS) is 12.2. The zero-order chi connectivity index (χ0) is 13.4. The number of carbonyl (C=O) groups excluding carboxylic acids is 1. The van der Waals surface area contributed by atoms with Crippen molar-refractivity contribution >= 4 is 33.4 Å². The van der Waals surface area contributed by atoms with Crippen molar-refractivity contribution in [2.75, 3.05) is 19.0 Å². The molecule has 5 heteroatoms. The molecule has 0 radical (unpaired) electrons. The number of carbonyl (C=O) groups is 1. The van der Waals surface area contributed by atoms with Crippen LogP contribution in [0, 0.1) is 0 Å². The van der Waals surface area contributed by atoms with Crippen LogP contribution in [-0.2, 0) is 16.0 Å². The van der Waals surface area contributed by atoms with Crippen molar-refractivity contribution in [2.24, 2.45) is 0 Å². The lowest BCUT2D eigenvalue weighted by Gasteiger charge is -2.15. The molecule has 0 aliphatic heterocycles. The van der Waals surface area contributed by atoms with E-state index in [9.17, 15) is 4.79 Å². The number of alkyl halides is 1. The Bertz CT molecular complexity index is 370. The second-order valence-corrected chi connectivity index (χ2v) is 5.09. The third kappa shape index (κ3) is 5.85. The zero-order valence-electron chi connectivity index (χ0n) is 10.3. The van der Waals surface area contributed by atoms with Crippen LogP contribution >= 0.6 is 27.5 Å². The van der Waals surface area contributed by atoms with E-state index in [0.717, 1.165) is 17.3 Å². The first-order valence-corrected chi connectivity index (χ1v) is 7.24. The fourth-order valence-corrected chi connectivity index (χ4v) is 2.13. The van der Waals surface area contributed by atoms with E-state index in [2.05, 4.69) is 21.2 Å². The van der Waals surface area contributed by atoms with Gasteiger partial charge in [-0.15, -0.1) is 0 Å². The third-order valence-electron chi connectivity index (χ3n) is 2.50. The minimum atomic E-state index is 0.0119. The van der Waals surface area contributed by atoms with Gasteiger partial charge in [0.2, 0.25) is 5.91 Å². The van der Waals surface area contributed by atoms with Crippen LogP contribution in [-0.4, -0.2) is 31.0 Å². The van der Waals surface area contributed by atoms with Gasteiger partial charge in [-0.2, -0.15) is 0 Å². The molecule has 18 heavy (non-hydrogen) atoms. The number of benzene rings is 1. The molecule has 0 saturated heterocycles. The standard InChI is InChI=1S/C13H17BrClNO2/c1-18-7-6-12(9-14)16-13(17)8-10-2-4-11(15)5-3-10/h2-5,12H,6-9H2,1H3,(H,16,17). The van der Waals surface area contributed by atoms with Crippen LogP contribution in [0.15, 0.2) is 24.3 Å². The number of methoxy groups -OCH3 is 1. The molecular formula is C13H17BrClNO2. The van der Waals surface area contributed by atoms with Crippen molar-refractivity contribution in [3.05, 3.63) is 34.9 Å². The van der Waals surface area contributed by atoms with Crippen molar-refractivity contribution in [3.63, 3.8) is 0 Å². The van der Waals surface area contributed by atoms with Crippen molar-refractivity contribution < 1.29 is 9.53 Å². The van der Waals surface area contributed by atoms with Crippen LogP contribution in [0.3, 0.4) is 0 Å². The molecular weight excluding hydrogens is 318 g/mol. The highest BCUT2D eigenvalue weighted by molar-refractivity contribution is 9.09. The SMILES string of the molecule is COCCC(CBr)NC(=O)Cc1ccc(Cl)cc1. The summed E-state index contributed by atoms with van der Waals surface area (Å²) in [5, 5.41) is 4.37. The van der Waals surface area contributed by atoms with Crippen LogP contribution < -0.4 is 5.32 Å². The zero-order valence-corrected chi connectivity index (χ0v) is 12.6. The molecule has 1 rings (SSSR count). The smallest absolute Gasteiger partial charge is 0.224 e. The monoisotopic (exact) mass is 333 g/mol. The van der Waals surface area contributed by atoms with Crippen LogP contribution in [0.2, 0.25) is 5.02 Å². The molecule has 100 valence electrons. The molecule has 1 aromatic rings. The Labute approximate surface area is 121 Å². The molecule has 0 saturated carbocycles. The molecule has 0 fully saturated rings.